The van der Waals surface area contributed by atoms with Crippen LogP contribution in [0.2, 0.25) is 0 Å². The lowest BCUT2D eigenvalue weighted by Crippen LogP contribution is -2.62. The Bertz CT molecular complexity index is 1630. The first-order valence-electron chi connectivity index (χ1n) is 18.2. The van der Waals surface area contributed by atoms with Crippen LogP contribution in [0.25, 0.3) is 0 Å². The van der Waals surface area contributed by atoms with Gasteiger partial charge < -0.3 is 30.9 Å². The van der Waals surface area contributed by atoms with E-state index in [0.717, 1.165) is 42.5 Å². The molecule has 264 valence electrons. The van der Waals surface area contributed by atoms with Crippen LogP contribution in [0.15, 0.2) is 79.1 Å². The van der Waals surface area contributed by atoms with Gasteiger partial charge in [0.25, 0.3) is 0 Å². The first kappa shape index (κ1) is 34.1. The lowest BCUT2D eigenvalue weighted by atomic mass is 9.84. The Morgan fingerprint density at radius 2 is 1.62 bits per heavy atom. The number of hydrogen-bond acceptors (Lipinski definition) is 8. The molecule has 2 aromatic carbocycles. The molecule has 2 saturated heterocycles. The van der Waals surface area contributed by atoms with Gasteiger partial charge in [-0.05, 0) is 73.1 Å². The van der Waals surface area contributed by atoms with Crippen LogP contribution in [0, 0.1) is 0 Å². The third-order valence-corrected chi connectivity index (χ3v) is 11.2. The number of amides is 3. The van der Waals surface area contributed by atoms with E-state index < -0.39 is 23.9 Å². The average Bonchev–Trinajstić information content (AvgIpc) is 3.41. The number of likely N-dealkylation sites (tertiary alicyclic amines) is 1. The van der Waals surface area contributed by atoms with Crippen molar-refractivity contribution >= 4 is 23.4 Å². The Morgan fingerprint density at radius 1 is 0.920 bits per heavy atom. The monoisotopic (exact) mass is 679 g/mol. The quantitative estimate of drug-likeness (QED) is 0.272. The molecule has 4 heterocycles. The van der Waals surface area contributed by atoms with Crippen molar-refractivity contribution in [1.82, 2.24) is 30.7 Å². The highest BCUT2D eigenvalue weighted by molar-refractivity contribution is 5.90. The number of pyridine rings is 1. The van der Waals surface area contributed by atoms with Crippen LogP contribution in [-0.4, -0.2) is 93.8 Å². The smallest absolute Gasteiger partial charge is 0.245 e. The minimum Gasteiger partial charge on any atom is -0.376 e. The van der Waals surface area contributed by atoms with Gasteiger partial charge in [-0.1, -0.05) is 61.7 Å². The Morgan fingerprint density at radius 3 is 2.36 bits per heavy atom. The fourth-order valence-electron chi connectivity index (χ4n) is 8.40. The molecule has 3 aliphatic heterocycles. The van der Waals surface area contributed by atoms with Crippen LogP contribution in [0.3, 0.4) is 0 Å². The molecular formula is C39H49N7O4. The number of nitrogens with zero attached hydrogens (tertiary/aromatic N) is 4. The molecule has 11 nitrogen and oxygen atoms in total. The lowest BCUT2D eigenvalue weighted by Gasteiger charge is -2.47. The van der Waals surface area contributed by atoms with Crippen molar-refractivity contribution in [2.45, 2.75) is 94.2 Å². The van der Waals surface area contributed by atoms with Gasteiger partial charge in [0, 0.05) is 50.2 Å². The second-order valence-electron chi connectivity index (χ2n) is 14.4. The van der Waals surface area contributed by atoms with Crippen LogP contribution in [0.1, 0.15) is 61.6 Å². The van der Waals surface area contributed by atoms with Crippen LogP contribution in [0.5, 0.6) is 0 Å². The molecule has 11 heteroatoms. The van der Waals surface area contributed by atoms with E-state index in [1.165, 1.54) is 12.0 Å². The Balaban J connectivity index is 1.05. The highest BCUT2D eigenvalue weighted by atomic mass is 16.3. The molecule has 1 aromatic heterocycles. The van der Waals surface area contributed by atoms with Crippen LogP contribution < -0.4 is 20.9 Å². The molecular weight excluding hydrogens is 630 g/mol. The summed E-state index contributed by atoms with van der Waals surface area (Å²) in [7, 11) is 0. The number of aliphatic hydroxyl groups excluding tert-OH is 1. The summed E-state index contributed by atoms with van der Waals surface area (Å²) in [5.41, 5.74) is 3.55. The number of anilines is 1. The average molecular weight is 680 g/mol. The molecule has 4 aliphatic rings. The van der Waals surface area contributed by atoms with Gasteiger partial charge in [-0.15, -0.1) is 0 Å². The van der Waals surface area contributed by atoms with E-state index in [1.54, 1.807) is 12.4 Å². The third kappa shape index (κ3) is 7.40. The number of nitrogens with one attached hydrogen (secondary N) is 3. The van der Waals surface area contributed by atoms with Gasteiger partial charge >= 0.3 is 0 Å². The lowest BCUT2D eigenvalue weighted by molar-refractivity contribution is -0.139. The number of piperidine rings is 1. The maximum atomic E-state index is 14.3. The van der Waals surface area contributed by atoms with Gasteiger partial charge in [0.05, 0.1) is 24.8 Å². The number of hydrogen-bond donors (Lipinski definition) is 4. The highest BCUT2D eigenvalue weighted by Crippen LogP contribution is 2.42. The number of carbonyl (C=O) groups excluding carboxylic acids is 3. The maximum Gasteiger partial charge on any atom is 0.245 e. The zero-order valence-electron chi connectivity index (χ0n) is 28.7. The van der Waals surface area contributed by atoms with Gasteiger partial charge in [0.2, 0.25) is 17.7 Å². The van der Waals surface area contributed by atoms with Crippen molar-refractivity contribution < 1.29 is 19.5 Å². The van der Waals surface area contributed by atoms with Gasteiger partial charge in [0.15, 0.2) is 0 Å². The summed E-state index contributed by atoms with van der Waals surface area (Å²) in [4.78, 5) is 51.2. The minimum absolute atomic E-state index is 0.0562. The number of rotatable bonds is 9. The molecule has 1 spiro atoms. The van der Waals surface area contributed by atoms with Gasteiger partial charge in [-0.3, -0.25) is 19.4 Å². The van der Waals surface area contributed by atoms with Crippen LogP contribution >= 0.6 is 0 Å². The normalized spacial score (nSPS) is 22.9. The summed E-state index contributed by atoms with van der Waals surface area (Å²) >= 11 is 0. The second-order valence-corrected chi connectivity index (χ2v) is 14.4. The van der Waals surface area contributed by atoms with Crippen molar-refractivity contribution in [3.63, 3.8) is 0 Å². The Hall–Kier alpha value is -4.32. The molecule has 3 atom stereocenters. The molecule has 0 bridgehead atoms. The number of benzene rings is 2. The molecule has 3 fully saturated rings. The van der Waals surface area contributed by atoms with Crippen molar-refractivity contribution in [3.8, 4) is 0 Å². The second kappa shape index (κ2) is 15.3. The third-order valence-electron chi connectivity index (χ3n) is 11.2. The van der Waals surface area contributed by atoms with E-state index >= 15 is 0 Å². The maximum absolute atomic E-state index is 14.3. The largest absolute Gasteiger partial charge is 0.376 e. The molecule has 3 aromatic rings. The van der Waals surface area contributed by atoms with Crippen molar-refractivity contribution in [1.29, 1.82) is 0 Å². The Labute approximate surface area is 294 Å². The molecule has 4 N–H and O–H groups in total. The SMILES string of the molecule is O=C(CN1CN(c2ccccc2)C2(CCN(C(=O)C(Cc3ccncc3)NC(=O)C3Cc4ccccc4CN3)CC2)C1O)NC1CCCCC1. The molecule has 1 saturated carbocycles. The van der Waals surface area contributed by atoms with Crippen molar-refractivity contribution in [2.75, 3.05) is 31.2 Å². The summed E-state index contributed by atoms with van der Waals surface area (Å²) in [6.07, 6.45) is 9.96. The van der Waals surface area contributed by atoms with E-state index in [4.69, 9.17) is 0 Å². The van der Waals surface area contributed by atoms with E-state index in [2.05, 4.69) is 38.0 Å². The van der Waals surface area contributed by atoms with Gasteiger partial charge in [-0.25, -0.2) is 4.90 Å². The summed E-state index contributed by atoms with van der Waals surface area (Å²) < 4.78 is 0. The molecule has 50 heavy (non-hydrogen) atoms. The Kier molecular flexibility index (Phi) is 10.4. The number of carbonyl (C=O) groups is 3. The fourth-order valence-corrected chi connectivity index (χ4v) is 8.40. The predicted molar refractivity (Wildman–Crippen MR) is 191 cm³/mol. The van der Waals surface area contributed by atoms with Crippen molar-refractivity contribution in [3.05, 3.63) is 95.8 Å². The number of para-hydroxylation sites is 1. The van der Waals surface area contributed by atoms with Gasteiger partial charge in [-0.2, -0.15) is 0 Å². The van der Waals surface area contributed by atoms with E-state index in [-0.39, 0.29) is 30.3 Å². The standard InChI is InChI=1S/C39H49N7O4/c47-35(42-31-11-3-1-4-12-31)26-45-27-46(32-13-5-2-6-14-32)39(38(45)50)17-21-44(22-18-39)37(49)34(23-28-15-19-40-20-16-28)43-36(48)33-24-29-9-7-8-10-30(29)25-41-33/h2,5-10,13-16,19-20,31,33-34,38,41,50H,1,3-4,11-12,17-18,21-27H2,(H,42,47)(H,43,48). The first-order chi connectivity index (χ1) is 24.4. The van der Waals surface area contributed by atoms with E-state index in [9.17, 15) is 19.5 Å². The van der Waals surface area contributed by atoms with Crippen LogP contribution in [0.4, 0.5) is 5.69 Å². The van der Waals surface area contributed by atoms with Crippen molar-refractivity contribution in [2.24, 2.45) is 0 Å². The first-order valence-corrected chi connectivity index (χ1v) is 18.2. The summed E-state index contributed by atoms with van der Waals surface area (Å²) in [5.74, 6) is -0.382. The molecule has 7 rings (SSSR count). The molecule has 1 aliphatic carbocycles. The highest BCUT2D eigenvalue weighted by Gasteiger charge is 2.54. The minimum atomic E-state index is -0.885. The zero-order valence-corrected chi connectivity index (χ0v) is 28.7. The van der Waals surface area contributed by atoms with E-state index in [0.29, 0.717) is 52.0 Å². The molecule has 3 amide bonds. The van der Waals surface area contributed by atoms with Gasteiger partial charge in [0.1, 0.15) is 12.3 Å². The number of aromatic nitrogens is 1. The van der Waals surface area contributed by atoms with E-state index in [1.807, 2.05) is 64.4 Å². The van der Waals surface area contributed by atoms with Crippen LogP contribution in [-0.2, 0) is 33.8 Å². The zero-order chi connectivity index (χ0) is 34.5. The fraction of sp³-hybridized carbons (Fsp3) is 0.487. The summed E-state index contributed by atoms with van der Waals surface area (Å²) in [6.45, 7) is 1.96. The number of fused-ring (bicyclic) bond motifs is 1. The number of aliphatic hydroxyl groups is 1. The summed E-state index contributed by atoms with van der Waals surface area (Å²) in [5, 5.41) is 21.6. The summed E-state index contributed by atoms with van der Waals surface area (Å²) in [6, 6.07) is 20.9. The predicted octanol–water partition coefficient (Wildman–Crippen LogP) is 2.73. The molecule has 0 radical (unpaired) electrons. The molecule has 3 unspecified atom stereocenters. The topological polar surface area (TPSA) is 130 Å².